The van der Waals surface area contributed by atoms with Crippen molar-refractivity contribution in [3.63, 3.8) is 0 Å². The van der Waals surface area contributed by atoms with Crippen LogP contribution < -0.4 is 0 Å². The molecule has 6 aliphatic rings. The van der Waals surface area contributed by atoms with Crippen molar-refractivity contribution in [2.24, 2.45) is 53.3 Å². The van der Waals surface area contributed by atoms with Crippen LogP contribution in [0.25, 0.3) is 0 Å². The second kappa shape index (κ2) is 18.4. The van der Waals surface area contributed by atoms with Gasteiger partial charge in [0.25, 0.3) is 0 Å². The van der Waals surface area contributed by atoms with Crippen LogP contribution in [0.2, 0.25) is 0 Å². The Labute approximate surface area is 290 Å². The van der Waals surface area contributed by atoms with Crippen LogP contribution in [-0.4, -0.2) is 47.2 Å². The fourth-order valence-corrected chi connectivity index (χ4v) is 11.6. The Kier molecular flexibility index (Phi) is 14.0. The first-order chi connectivity index (χ1) is 23.4. The van der Waals surface area contributed by atoms with Crippen molar-refractivity contribution in [2.45, 2.75) is 185 Å². The molecule has 0 bridgehead atoms. The van der Waals surface area contributed by atoms with Crippen molar-refractivity contribution in [3.05, 3.63) is 0 Å². The maximum Gasteiger partial charge on any atom is 0.310 e. The van der Waals surface area contributed by atoms with Gasteiger partial charge in [-0.1, -0.05) is 64.2 Å². The fourth-order valence-electron chi connectivity index (χ4n) is 11.6. The van der Waals surface area contributed by atoms with Gasteiger partial charge in [-0.2, -0.15) is 0 Å². The number of carbonyl (C=O) groups is 2. The van der Waals surface area contributed by atoms with Gasteiger partial charge < -0.3 is 14.6 Å². The zero-order valence-electron chi connectivity index (χ0n) is 30.0. The van der Waals surface area contributed by atoms with E-state index in [1.807, 2.05) is 0 Å². The summed E-state index contributed by atoms with van der Waals surface area (Å²) in [6.45, 7) is 0.392. The predicted octanol–water partition coefficient (Wildman–Crippen LogP) is 10.00. The van der Waals surface area contributed by atoms with Crippen LogP contribution in [0, 0.1) is 53.3 Å². The molecule has 6 fully saturated rings. The topological polar surface area (TPSA) is 102 Å². The van der Waals surface area contributed by atoms with Crippen molar-refractivity contribution in [1.82, 2.24) is 0 Å². The fraction of sp³-hybridized carbons (Fsp3) is 0.951. The summed E-state index contributed by atoms with van der Waals surface area (Å²) in [5, 5.41) is 19.2. The number of hydrogen-bond acceptors (Lipinski definition) is 6. The average Bonchev–Trinajstić information content (AvgIpc) is 3.11. The molecule has 7 heteroatoms. The van der Waals surface area contributed by atoms with Gasteiger partial charge >= 0.3 is 11.9 Å². The summed E-state index contributed by atoms with van der Waals surface area (Å²) in [4.78, 5) is 30.2. The number of carbonyl (C=O) groups excluding carboxylic acids is 1. The Balaban J connectivity index is 0.920. The maximum atomic E-state index is 13.5. The molecule has 0 amide bonds. The van der Waals surface area contributed by atoms with E-state index in [9.17, 15) is 20.0 Å². The first-order valence-electron chi connectivity index (χ1n) is 20.8. The Morgan fingerprint density at radius 2 is 1.08 bits per heavy atom. The van der Waals surface area contributed by atoms with Crippen molar-refractivity contribution in [3.8, 4) is 0 Å². The summed E-state index contributed by atoms with van der Waals surface area (Å²) < 4.78 is 13.0. The van der Waals surface area contributed by atoms with E-state index in [2.05, 4.69) is 4.89 Å². The highest BCUT2D eigenvalue weighted by atomic mass is 17.1. The largest absolute Gasteiger partial charge is 0.481 e. The van der Waals surface area contributed by atoms with E-state index in [4.69, 9.17) is 9.47 Å². The van der Waals surface area contributed by atoms with Gasteiger partial charge in [0.1, 0.15) is 6.10 Å². The number of carboxylic acids is 1. The number of rotatable bonds is 12. The highest BCUT2D eigenvalue weighted by Gasteiger charge is 2.42. The third-order valence-corrected chi connectivity index (χ3v) is 14.4. The van der Waals surface area contributed by atoms with Crippen molar-refractivity contribution in [1.29, 1.82) is 0 Å². The van der Waals surface area contributed by atoms with E-state index in [1.54, 1.807) is 0 Å². The Hall–Kier alpha value is -1.18. The number of ether oxygens (including phenoxy) is 2. The van der Waals surface area contributed by atoms with Crippen LogP contribution in [0.5, 0.6) is 0 Å². The number of esters is 1. The summed E-state index contributed by atoms with van der Waals surface area (Å²) in [6.07, 6.45) is 31.0. The van der Waals surface area contributed by atoms with Crippen molar-refractivity contribution < 1.29 is 34.3 Å². The molecule has 0 heterocycles. The van der Waals surface area contributed by atoms with Gasteiger partial charge in [0, 0.05) is 5.92 Å². The second-order valence-electron chi connectivity index (χ2n) is 17.6. The summed E-state index contributed by atoms with van der Waals surface area (Å²) in [6, 6.07) is 0. The smallest absolute Gasteiger partial charge is 0.310 e. The van der Waals surface area contributed by atoms with Crippen LogP contribution in [0.3, 0.4) is 0 Å². The first-order valence-corrected chi connectivity index (χ1v) is 20.8. The van der Waals surface area contributed by atoms with Crippen molar-refractivity contribution >= 4 is 11.9 Å². The SMILES string of the molecule is O=C(O)C1CCC(CC2CCCCC2)CC1C(=O)OC1CCC(C2CCC(OC3CC(CC4CCCCC4)CCC3COO)CC2)CC1. The zero-order valence-corrected chi connectivity index (χ0v) is 30.0. The van der Waals surface area contributed by atoms with Crippen LogP contribution in [0.1, 0.15) is 167 Å². The van der Waals surface area contributed by atoms with E-state index >= 15 is 0 Å². The van der Waals surface area contributed by atoms with Crippen LogP contribution >= 0.6 is 0 Å². The number of hydrogen-bond donors (Lipinski definition) is 2. The molecule has 274 valence electrons. The normalized spacial score (nSPS) is 39.1. The minimum absolute atomic E-state index is 0.0554. The molecule has 6 unspecified atom stereocenters. The van der Waals surface area contributed by atoms with Crippen LogP contribution in [0.4, 0.5) is 0 Å². The van der Waals surface area contributed by atoms with E-state index in [-0.39, 0.29) is 18.2 Å². The number of carboxylic acid groups (broad SMARTS) is 1. The Bertz CT molecular complexity index is 973. The number of aliphatic carboxylic acids is 1. The summed E-state index contributed by atoms with van der Waals surface area (Å²) in [7, 11) is 0. The Morgan fingerprint density at radius 3 is 1.65 bits per heavy atom. The van der Waals surface area contributed by atoms with E-state index < -0.39 is 17.8 Å². The molecule has 0 aliphatic heterocycles. The molecule has 0 spiro atoms. The van der Waals surface area contributed by atoms with E-state index in [1.165, 1.54) is 89.9 Å². The molecule has 0 aromatic heterocycles. The van der Waals surface area contributed by atoms with Crippen LogP contribution in [0.15, 0.2) is 0 Å². The minimum atomic E-state index is -0.823. The summed E-state index contributed by atoms with van der Waals surface area (Å²) in [5.74, 6) is 2.47. The molecule has 48 heavy (non-hydrogen) atoms. The maximum absolute atomic E-state index is 13.5. The molecule has 2 N–H and O–H groups in total. The predicted molar refractivity (Wildman–Crippen MR) is 186 cm³/mol. The molecule has 0 radical (unpaired) electrons. The van der Waals surface area contributed by atoms with Gasteiger partial charge in [-0.3, -0.25) is 14.8 Å². The molecule has 6 aliphatic carbocycles. The molecular weight excluding hydrogens is 604 g/mol. The minimum Gasteiger partial charge on any atom is -0.481 e. The molecule has 0 saturated heterocycles. The van der Waals surface area contributed by atoms with E-state index in [0.29, 0.717) is 43.3 Å². The second-order valence-corrected chi connectivity index (χ2v) is 17.6. The quantitative estimate of drug-likeness (QED) is 0.121. The highest BCUT2D eigenvalue weighted by molar-refractivity contribution is 5.81. The molecule has 6 saturated carbocycles. The lowest BCUT2D eigenvalue weighted by atomic mass is 9.70. The Morgan fingerprint density at radius 1 is 0.542 bits per heavy atom. The third kappa shape index (κ3) is 10.2. The molecule has 6 atom stereocenters. The lowest BCUT2D eigenvalue weighted by Crippen LogP contribution is -2.40. The van der Waals surface area contributed by atoms with Gasteiger partial charge in [0.2, 0.25) is 0 Å². The summed E-state index contributed by atoms with van der Waals surface area (Å²) in [5.41, 5.74) is 0. The van der Waals surface area contributed by atoms with Gasteiger partial charge in [-0.25, -0.2) is 4.89 Å². The molecular formula is C41H68O7. The van der Waals surface area contributed by atoms with Crippen LogP contribution in [-0.2, 0) is 24.0 Å². The lowest BCUT2D eigenvalue weighted by Gasteiger charge is -2.42. The summed E-state index contributed by atoms with van der Waals surface area (Å²) >= 11 is 0. The molecule has 0 aromatic rings. The standard InChI is InChI=1S/C41H68O7/c42-40(43)37-22-12-30(23-28-7-3-1-4-8-28)25-38(37)41(44)48-36-20-16-33(17-21-36)32-14-18-35(19-15-32)47-39-26-31(11-13-34(39)27-46-45)24-29-9-5-2-6-10-29/h28-39,45H,1-27H2,(H,42,43). The van der Waals surface area contributed by atoms with Crippen molar-refractivity contribution in [2.75, 3.05) is 6.61 Å². The molecule has 0 aromatic carbocycles. The zero-order chi connectivity index (χ0) is 33.3. The highest BCUT2D eigenvalue weighted by Crippen LogP contribution is 2.44. The third-order valence-electron chi connectivity index (χ3n) is 14.4. The van der Waals surface area contributed by atoms with Gasteiger partial charge in [-0.05, 0) is 138 Å². The van der Waals surface area contributed by atoms with E-state index in [0.717, 1.165) is 87.9 Å². The van der Waals surface area contributed by atoms with Gasteiger partial charge in [-0.15, -0.1) is 0 Å². The first kappa shape index (κ1) is 36.6. The molecule has 6 rings (SSSR count). The monoisotopic (exact) mass is 672 g/mol. The van der Waals surface area contributed by atoms with Gasteiger partial charge in [0.15, 0.2) is 0 Å². The average molecular weight is 673 g/mol. The van der Waals surface area contributed by atoms with Gasteiger partial charge in [0.05, 0.1) is 30.7 Å². The lowest BCUT2D eigenvalue weighted by molar-refractivity contribution is -0.262. The molecule has 7 nitrogen and oxygen atoms in total.